The van der Waals surface area contributed by atoms with Crippen LogP contribution in [0.1, 0.15) is 46.1 Å². The molecule has 3 N–H and O–H groups in total. The summed E-state index contributed by atoms with van der Waals surface area (Å²) in [7, 11) is 0. The van der Waals surface area contributed by atoms with Crippen molar-refractivity contribution in [1.82, 2.24) is 0 Å². The van der Waals surface area contributed by atoms with Crippen LogP contribution in [0.4, 0.5) is 23.2 Å². The summed E-state index contributed by atoms with van der Waals surface area (Å²) < 4.78 is 57.8. The predicted octanol–water partition coefficient (Wildman–Crippen LogP) is 3.95. The van der Waals surface area contributed by atoms with Gasteiger partial charge in [-0.25, -0.2) is 4.39 Å². The Morgan fingerprint density at radius 1 is 1.24 bits per heavy atom. The molecule has 2 atom stereocenters. The van der Waals surface area contributed by atoms with E-state index in [4.69, 9.17) is 10.5 Å². The predicted molar refractivity (Wildman–Crippen MR) is 99.4 cm³/mol. The molecular weight excluding hydrogens is 392 g/mol. The molecule has 5 nitrogen and oxygen atoms in total. The molecule has 1 saturated carbocycles. The highest BCUT2D eigenvalue weighted by Crippen LogP contribution is 2.50. The van der Waals surface area contributed by atoms with Crippen molar-refractivity contribution in [2.24, 2.45) is 17.1 Å². The summed E-state index contributed by atoms with van der Waals surface area (Å²) >= 11 is 0. The van der Waals surface area contributed by atoms with Crippen LogP contribution >= 0.6 is 0 Å². The van der Waals surface area contributed by atoms with Crippen LogP contribution in [-0.2, 0) is 20.7 Å². The van der Waals surface area contributed by atoms with E-state index >= 15 is 0 Å². The number of carbonyl (C=O) groups is 2. The number of nitrogens with two attached hydrogens (primary N) is 1. The maximum absolute atomic E-state index is 14.1. The summed E-state index contributed by atoms with van der Waals surface area (Å²) in [6.07, 6.45) is -3.14. The fourth-order valence-corrected chi connectivity index (χ4v) is 2.81. The van der Waals surface area contributed by atoms with Gasteiger partial charge in [0.1, 0.15) is 11.4 Å². The number of hydrogen-bond donors (Lipinski definition) is 2. The van der Waals surface area contributed by atoms with Crippen molar-refractivity contribution in [1.29, 1.82) is 0 Å². The molecule has 0 aromatic heterocycles. The minimum atomic E-state index is -4.65. The van der Waals surface area contributed by atoms with E-state index in [1.54, 1.807) is 20.8 Å². The largest absolute Gasteiger partial charge is 0.460 e. The van der Waals surface area contributed by atoms with Gasteiger partial charge < -0.3 is 15.8 Å². The van der Waals surface area contributed by atoms with E-state index in [0.29, 0.717) is 18.4 Å². The monoisotopic (exact) mass is 418 g/mol. The molecule has 0 saturated heterocycles. The maximum Gasteiger partial charge on any atom is 0.393 e. The third kappa shape index (κ3) is 5.91. The molecule has 0 spiro atoms. The van der Waals surface area contributed by atoms with Crippen LogP contribution in [0.15, 0.2) is 18.2 Å². The van der Waals surface area contributed by atoms with Gasteiger partial charge in [0, 0.05) is 0 Å². The Hall–Kier alpha value is -2.16. The first-order valence-electron chi connectivity index (χ1n) is 9.30. The molecular formula is C20H26F4N2O3. The van der Waals surface area contributed by atoms with Gasteiger partial charge in [0.2, 0.25) is 5.91 Å². The van der Waals surface area contributed by atoms with Crippen molar-refractivity contribution in [3.63, 3.8) is 0 Å². The smallest absolute Gasteiger partial charge is 0.393 e. The first kappa shape index (κ1) is 23.1. The van der Waals surface area contributed by atoms with Gasteiger partial charge in [-0.2, -0.15) is 13.2 Å². The Bertz CT molecular complexity index is 783. The van der Waals surface area contributed by atoms with Crippen molar-refractivity contribution < 1.29 is 31.9 Å². The molecule has 1 aromatic rings. The summed E-state index contributed by atoms with van der Waals surface area (Å²) in [6.45, 7) is 6.07. The third-order valence-electron chi connectivity index (χ3n) is 4.87. The molecule has 1 amide bonds. The lowest BCUT2D eigenvalue weighted by Crippen LogP contribution is -2.46. The summed E-state index contributed by atoms with van der Waals surface area (Å²) in [6, 6.07) is 1.99. The zero-order valence-electron chi connectivity index (χ0n) is 16.8. The molecule has 1 aromatic carbocycles. The van der Waals surface area contributed by atoms with E-state index in [0.717, 1.165) is 13.0 Å². The van der Waals surface area contributed by atoms with Gasteiger partial charge in [-0.3, -0.25) is 9.59 Å². The number of carbonyl (C=O) groups excluding carboxylic acids is 2. The Morgan fingerprint density at radius 3 is 2.31 bits per heavy atom. The number of nitrogens with one attached hydrogen (secondary N) is 1. The van der Waals surface area contributed by atoms with E-state index in [-0.39, 0.29) is 18.1 Å². The van der Waals surface area contributed by atoms with Gasteiger partial charge >= 0.3 is 12.1 Å². The molecule has 0 radical (unpaired) electrons. The zero-order chi connectivity index (χ0) is 22.2. The Morgan fingerprint density at radius 2 is 1.83 bits per heavy atom. The van der Waals surface area contributed by atoms with Gasteiger partial charge in [-0.15, -0.1) is 0 Å². The number of benzene rings is 1. The molecule has 162 valence electrons. The Kier molecular flexibility index (Phi) is 6.32. The van der Waals surface area contributed by atoms with E-state index < -0.39 is 40.9 Å². The second-order valence-corrected chi connectivity index (χ2v) is 8.62. The van der Waals surface area contributed by atoms with Gasteiger partial charge in [0.25, 0.3) is 0 Å². The Labute approximate surface area is 167 Å². The summed E-state index contributed by atoms with van der Waals surface area (Å²) in [5, 5.41) is 2.12. The van der Waals surface area contributed by atoms with Crippen LogP contribution in [0.5, 0.6) is 0 Å². The van der Waals surface area contributed by atoms with Gasteiger partial charge in [-0.1, -0.05) is 13.0 Å². The number of esters is 1. The molecule has 1 fully saturated rings. The van der Waals surface area contributed by atoms with Crippen LogP contribution in [0.3, 0.4) is 0 Å². The van der Waals surface area contributed by atoms with Crippen molar-refractivity contribution in [2.45, 2.75) is 64.8 Å². The number of alkyl halides is 3. The SMILES string of the molecule is CC(C(N)C(=O)Nc1cc(CC2(C(=O)OC(C)(C)C)CC2)ccc1F)C(F)(F)F. The number of hydrogen-bond acceptors (Lipinski definition) is 4. The summed E-state index contributed by atoms with van der Waals surface area (Å²) in [5.41, 5.74) is 4.32. The number of rotatable bonds is 6. The second kappa shape index (κ2) is 7.93. The van der Waals surface area contributed by atoms with E-state index in [1.165, 1.54) is 12.1 Å². The fraction of sp³-hybridized carbons (Fsp3) is 0.600. The van der Waals surface area contributed by atoms with Gasteiger partial charge in [0.15, 0.2) is 0 Å². The van der Waals surface area contributed by atoms with Crippen LogP contribution in [0.25, 0.3) is 0 Å². The average Bonchev–Trinajstić information content (AvgIpc) is 3.35. The highest BCUT2D eigenvalue weighted by molar-refractivity contribution is 5.95. The van der Waals surface area contributed by atoms with Gasteiger partial charge in [0.05, 0.1) is 23.1 Å². The lowest BCUT2D eigenvalue weighted by Gasteiger charge is -2.24. The van der Waals surface area contributed by atoms with E-state index in [9.17, 15) is 27.2 Å². The minimum Gasteiger partial charge on any atom is -0.460 e. The molecule has 0 bridgehead atoms. The maximum atomic E-state index is 14.1. The molecule has 1 aliphatic rings. The minimum absolute atomic E-state index is 0.274. The van der Waals surface area contributed by atoms with Gasteiger partial charge in [-0.05, 0) is 57.7 Å². The molecule has 1 aliphatic carbocycles. The summed E-state index contributed by atoms with van der Waals surface area (Å²) in [4.78, 5) is 24.5. The molecule has 9 heteroatoms. The van der Waals surface area contributed by atoms with Crippen LogP contribution in [0, 0.1) is 17.2 Å². The molecule has 2 rings (SSSR count). The van der Waals surface area contributed by atoms with Crippen LogP contribution in [0.2, 0.25) is 0 Å². The fourth-order valence-electron chi connectivity index (χ4n) is 2.81. The quantitative estimate of drug-likeness (QED) is 0.541. The van der Waals surface area contributed by atoms with Crippen molar-refractivity contribution >= 4 is 17.6 Å². The highest BCUT2D eigenvalue weighted by atomic mass is 19.4. The standard InChI is InChI=1S/C20H26F4N2O3/c1-11(20(22,23)24)15(25)16(27)26-14-9-12(5-6-13(14)21)10-19(7-8-19)17(28)29-18(2,3)4/h5-6,9,11,15H,7-8,10,25H2,1-4H3,(H,26,27). The number of anilines is 1. The van der Waals surface area contributed by atoms with Crippen molar-refractivity contribution in [3.8, 4) is 0 Å². The zero-order valence-corrected chi connectivity index (χ0v) is 16.8. The van der Waals surface area contributed by atoms with Crippen LogP contribution in [-0.4, -0.2) is 29.7 Å². The van der Waals surface area contributed by atoms with E-state index in [1.807, 2.05) is 0 Å². The second-order valence-electron chi connectivity index (χ2n) is 8.62. The molecule has 0 heterocycles. The average molecular weight is 418 g/mol. The highest BCUT2D eigenvalue weighted by Gasteiger charge is 2.52. The number of ether oxygens (including phenoxy) is 1. The first-order chi connectivity index (χ1) is 13.1. The molecule has 2 unspecified atom stereocenters. The van der Waals surface area contributed by atoms with E-state index in [2.05, 4.69) is 5.32 Å². The summed E-state index contributed by atoms with van der Waals surface area (Å²) in [5.74, 6) is -4.38. The lowest BCUT2D eigenvalue weighted by atomic mass is 9.95. The third-order valence-corrected chi connectivity index (χ3v) is 4.87. The van der Waals surface area contributed by atoms with Crippen LogP contribution < -0.4 is 11.1 Å². The topological polar surface area (TPSA) is 81.4 Å². The number of halogens is 4. The van der Waals surface area contributed by atoms with Crippen molar-refractivity contribution in [2.75, 3.05) is 5.32 Å². The lowest BCUT2D eigenvalue weighted by molar-refractivity contribution is -0.176. The Balaban J connectivity index is 2.12. The number of amides is 1. The first-order valence-corrected chi connectivity index (χ1v) is 9.30. The normalized spacial score (nSPS) is 18.0. The van der Waals surface area contributed by atoms with Crippen molar-refractivity contribution in [3.05, 3.63) is 29.6 Å². The molecule has 29 heavy (non-hydrogen) atoms. The molecule has 0 aliphatic heterocycles.